The summed E-state index contributed by atoms with van der Waals surface area (Å²) in [6.07, 6.45) is 6.49. The molecule has 1 aliphatic carbocycles. The third kappa shape index (κ3) is 4.12. The lowest BCUT2D eigenvalue weighted by Gasteiger charge is -2.35. The Labute approximate surface area is 195 Å². The van der Waals surface area contributed by atoms with Gasteiger partial charge in [0.15, 0.2) is 5.78 Å². The lowest BCUT2D eigenvalue weighted by molar-refractivity contribution is 0.104. The molecular weight excluding hydrogens is 434 g/mol. The molecule has 0 radical (unpaired) electrons. The number of hydrogen-bond donors (Lipinski definition) is 2. The molecule has 2 heterocycles. The van der Waals surface area contributed by atoms with Crippen molar-refractivity contribution in [3.63, 3.8) is 0 Å². The molecule has 0 aliphatic heterocycles. The molecule has 0 saturated carbocycles. The van der Waals surface area contributed by atoms with Crippen LogP contribution in [0.15, 0.2) is 42.7 Å². The van der Waals surface area contributed by atoms with Crippen molar-refractivity contribution in [3.8, 4) is 0 Å². The van der Waals surface area contributed by atoms with E-state index in [0.29, 0.717) is 5.56 Å². The van der Waals surface area contributed by atoms with E-state index in [1.807, 2.05) is 37.4 Å². The highest BCUT2D eigenvalue weighted by atomic mass is 32.1. The highest BCUT2D eigenvalue weighted by Gasteiger charge is 2.38. The fourth-order valence-corrected chi connectivity index (χ4v) is 5.33. The van der Waals surface area contributed by atoms with Crippen molar-refractivity contribution in [2.75, 3.05) is 11.9 Å². The van der Waals surface area contributed by atoms with E-state index in [4.69, 9.17) is 4.53 Å². The summed E-state index contributed by atoms with van der Waals surface area (Å²) in [5.41, 5.74) is 7.91. The minimum Gasteiger partial charge on any atom is -0.377 e. The number of rotatable bonds is 7. The van der Waals surface area contributed by atoms with Crippen molar-refractivity contribution in [3.05, 3.63) is 65.0 Å². The number of fused-ring (bicyclic) bond motifs is 2. The van der Waals surface area contributed by atoms with Gasteiger partial charge in [0.1, 0.15) is 5.00 Å². The molecule has 7 heteroatoms. The number of aromatic nitrogens is 1. The van der Waals surface area contributed by atoms with Gasteiger partial charge in [-0.05, 0) is 49.2 Å². The van der Waals surface area contributed by atoms with Crippen LogP contribution in [-0.4, -0.2) is 25.6 Å². The number of benzene rings is 1. The van der Waals surface area contributed by atoms with Gasteiger partial charge in [0.25, 0.3) is 0 Å². The number of ketones is 1. The zero-order valence-electron chi connectivity index (χ0n) is 19.6. The predicted octanol–water partition coefficient (Wildman–Crippen LogP) is 6.38. The Kier molecular flexibility index (Phi) is 6.00. The second-order valence-electron chi connectivity index (χ2n) is 9.70. The minimum absolute atomic E-state index is 0.0418. The van der Waals surface area contributed by atoms with Gasteiger partial charge in [0.05, 0.1) is 16.0 Å². The fraction of sp³-hybridized carbons (Fsp3) is 0.360. The normalized spacial score (nSPS) is 13.8. The van der Waals surface area contributed by atoms with Gasteiger partial charge in [-0.1, -0.05) is 39.0 Å². The molecule has 3 aromatic rings. The number of carbonyl (C=O) groups is 1. The standard InChI is InChI=1S/C25H31N3O2SSi/c1-7-27-24-22(19-12-13-26-15-21(19)31-24)23(29)17-8-10-18-16(14-17)9-11-20(18)28-30-32(5,6)25(2,3)4/h8,10-15,27-28H,7,9H2,1-6H3. The number of nitrogens with zero attached hydrogens (tertiary/aromatic N) is 1. The largest absolute Gasteiger partial charge is 0.377 e. The lowest BCUT2D eigenvalue weighted by atomic mass is 9.98. The van der Waals surface area contributed by atoms with Crippen molar-refractivity contribution in [1.29, 1.82) is 0 Å². The Morgan fingerprint density at radius 3 is 2.75 bits per heavy atom. The molecule has 32 heavy (non-hydrogen) atoms. The Morgan fingerprint density at radius 2 is 2.03 bits per heavy atom. The quantitative estimate of drug-likeness (QED) is 0.241. The Balaban J connectivity index is 1.60. The molecule has 2 aromatic heterocycles. The highest BCUT2D eigenvalue weighted by molar-refractivity contribution is 7.23. The summed E-state index contributed by atoms with van der Waals surface area (Å²) in [6, 6.07) is 7.91. The molecule has 4 rings (SSSR count). The van der Waals surface area contributed by atoms with E-state index >= 15 is 0 Å². The van der Waals surface area contributed by atoms with Crippen molar-refractivity contribution >= 4 is 46.2 Å². The van der Waals surface area contributed by atoms with Crippen LogP contribution >= 0.6 is 11.3 Å². The van der Waals surface area contributed by atoms with E-state index in [0.717, 1.165) is 50.4 Å². The molecule has 1 aromatic carbocycles. The van der Waals surface area contributed by atoms with Crippen LogP contribution in [0.2, 0.25) is 18.1 Å². The Bertz CT molecular complexity index is 1210. The van der Waals surface area contributed by atoms with Gasteiger partial charge in [-0.15, -0.1) is 11.3 Å². The van der Waals surface area contributed by atoms with E-state index in [1.54, 1.807) is 17.5 Å². The fourth-order valence-electron chi connectivity index (χ4n) is 3.53. The molecular formula is C25H31N3O2SSi. The molecule has 0 bridgehead atoms. The first-order chi connectivity index (χ1) is 15.1. The minimum atomic E-state index is -1.92. The Morgan fingerprint density at radius 1 is 1.25 bits per heavy atom. The number of thiophene rings is 1. The zero-order chi connectivity index (χ0) is 23.1. The smallest absolute Gasteiger partial charge is 0.228 e. The second kappa shape index (κ2) is 8.46. The Hall–Kier alpha value is -2.48. The van der Waals surface area contributed by atoms with E-state index in [1.165, 1.54) is 0 Å². The maximum absolute atomic E-state index is 13.6. The van der Waals surface area contributed by atoms with E-state index < -0.39 is 8.32 Å². The lowest BCUT2D eigenvalue weighted by Crippen LogP contribution is -2.44. The summed E-state index contributed by atoms with van der Waals surface area (Å²) in [7, 11) is -1.92. The molecule has 2 N–H and O–H groups in total. The third-order valence-corrected chi connectivity index (χ3v) is 11.8. The summed E-state index contributed by atoms with van der Waals surface area (Å²) >= 11 is 1.58. The number of nitrogens with one attached hydrogen (secondary N) is 2. The molecule has 0 fully saturated rings. The first kappa shape index (κ1) is 22.7. The van der Waals surface area contributed by atoms with Crippen LogP contribution < -0.4 is 10.8 Å². The molecule has 0 unspecified atom stereocenters. The molecule has 0 atom stereocenters. The van der Waals surface area contributed by atoms with Gasteiger partial charge >= 0.3 is 0 Å². The summed E-state index contributed by atoms with van der Waals surface area (Å²) < 4.78 is 7.22. The SMILES string of the molecule is CCNc1sc2cnccc2c1C(=O)c1ccc2c(c1)CC=C2NO[Si](C)(C)C(C)(C)C. The van der Waals surface area contributed by atoms with Gasteiger partial charge in [0, 0.05) is 35.5 Å². The van der Waals surface area contributed by atoms with Crippen LogP contribution in [0.5, 0.6) is 0 Å². The molecule has 0 amide bonds. The monoisotopic (exact) mass is 465 g/mol. The number of allylic oxidation sites excluding steroid dienone is 1. The van der Waals surface area contributed by atoms with E-state index in [-0.39, 0.29) is 10.8 Å². The summed E-state index contributed by atoms with van der Waals surface area (Å²) in [5, 5.41) is 5.34. The number of hydrogen-bond acceptors (Lipinski definition) is 6. The zero-order valence-corrected chi connectivity index (χ0v) is 21.4. The van der Waals surface area contributed by atoms with Gasteiger partial charge in [-0.2, -0.15) is 0 Å². The number of anilines is 1. The summed E-state index contributed by atoms with van der Waals surface area (Å²) in [4.78, 5) is 17.8. The van der Waals surface area contributed by atoms with Gasteiger partial charge in [0.2, 0.25) is 8.32 Å². The van der Waals surface area contributed by atoms with Crippen molar-refractivity contribution in [2.45, 2.75) is 52.2 Å². The van der Waals surface area contributed by atoms with Crippen molar-refractivity contribution < 1.29 is 9.32 Å². The van der Waals surface area contributed by atoms with Crippen LogP contribution in [0.4, 0.5) is 5.00 Å². The number of carbonyl (C=O) groups excluding carboxylic acids is 1. The average molecular weight is 466 g/mol. The molecule has 0 spiro atoms. The maximum atomic E-state index is 13.6. The summed E-state index contributed by atoms with van der Waals surface area (Å²) in [5.74, 6) is 0.0418. The van der Waals surface area contributed by atoms with Crippen molar-refractivity contribution in [2.24, 2.45) is 0 Å². The van der Waals surface area contributed by atoms with Crippen LogP contribution in [0.3, 0.4) is 0 Å². The average Bonchev–Trinajstić information content (AvgIpc) is 3.31. The van der Waals surface area contributed by atoms with Crippen molar-refractivity contribution in [1.82, 2.24) is 10.5 Å². The molecule has 0 saturated heterocycles. The number of pyridine rings is 1. The van der Waals surface area contributed by atoms with Crippen LogP contribution in [0.25, 0.3) is 15.8 Å². The van der Waals surface area contributed by atoms with Crippen LogP contribution in [0.1, 0.15) is 54.7 Å². The number of hydroxylamine groups is 1. The maximum Gasteiger partial charge on any atom is 0.228 e. The highest BCUT2D eigenvalue weighted by Crippen LogP contribution is 2.38. The molecule has 1 aliphatic rings. The van der Waals surface area contributed by atoms with Crippen LogP contribution in [-0.2, 0) is 10.9 Å². The van der Waals surface area contributed by atoms with Gasteiger partial charge < -0.3 is 9.84 Å². The van der Waals surface area contributed by atoms with Gasteiger partial charge in [-0.25, -0.2) is 0 Å². The molecule has 168 valence electrons. The van der Waals surface area contributed by atoms with E-state index in [2.05, 4.69) is 55.7 Å². The predicted molar refractivity (Wildman–Crippen MR) is 137 cm³/mol. The second-order valence-corrected chi connectivity index (χ2v) is 15.5. The first-order valence-electron chi connectivity index (χ1n) is 11.0. The topological polar surface area (TPSA) is 63.2 Å². The van der Waals surface area contributed by atoms with Crippen LogP contribution in [0, 0.1) is 0 Å². The third-order valence-electron chi connectivity index (χ3n) is 6.46. The summed E-state index contributed by atoms with van der Waals surface area (Å²) in [6.45, 7) is 13.9. The van der Waals surface area contributed by atoms with E-state index in [9.17, 15) is 4.79 Å². The van der Waals surface area contributed by atoms with Gasteiger partial charge in [-0.3, -0.25) is 15.3 Å². The first-order valence-corrected chi connectivity index (χ1v) is 14.8. The molecule has 5 nitrogen and oxygen atoms in total.